The summed E-state index contributed by atoms with van der Waals surface area (Å²) in [6, 6.07) is 2.73. The second kappa shape index (κ2) is 5.82. The first-order valence-corrected chi connectivity index (χ1v) is 5.70. The van der Waals surface area contributed by atoms with E-state index in [-0.39, 0.29) is 16.5 Å². The molecule has 1 aromatic carbocycles. The molecule has 4 nitrogen and oxygen atoms in total. The van der Waals surface area contributed by atoms with E-state index in [4.69, 9.17) is 16.7 Å². The zero-order chi connectivity index (χ0) is 13.9. The molecule has 0 aliphatic rings. The molecular formula is C12H13ClFNO3. The highest BCUT2D eigenvalue weighted by Crippen LogP contribution is 2.19. The number of aliphatic carboxylic acids is 1. The van der Waals surface area contributed by atoms with Crippen molar-refractivity contribution in [3.8, 4) is 0 Å². The van der Waals surface area contributed by atoms with Crippen molar-refractivity contribution < 1.29 is 19.1 Å². The van der Waals surface area contributed by atoms with Crippen LogP contribution in [-0.2, 0) is 4.79 Å². The summed E-state index contributed by atoms with van der Waals surface area (Å²) in [6.45, 7) is 3.28. The van der Waals surface area contributed by atoms with Gasteiger partial charge in [0.25, 0.3) is 5.91 Å². The molecule has 1 aromatic rings. The number of amides is 1. The van der Waals surface area contributed by atoms with Crippen LogP contribution in [0.1, 0.15) is 24.2 Å². The number of hydrogen-bond acceptors (Lipinski definition) is 2. The quantitative estimate of drug-likeness (QED) is 0.885. The van der Waals surface area contributed by atoms with Crippen molar-refractivity contribution in [1.29, 1.82) is 0 Å². The standard InChI is InChI=1S/C12H13ClFNO3/c1-6(2)10(12(17)18)15-11(16)9-7(13)4-3-5-8(9)14/h3-6,10H,1-2H3,(H,15,16)(H,17,18)/t10-/m0/s1. The minimum absolute atomic E-state index is 0.0552. The first-order valence-electron chi connectivity index (χ1n) is 5.32. The van der Waals surface area contributed by atoms with Crippen LogP contribution >= 0.6 is 11.6 Å². The number of hydrogen-bond donors (Lipinski definition) is 2. The van der Waals surface area contributed by atoms with Gasteiger partial charge in [0, 0.05) is 0 Å². The van der Waals surface area contributed by atoms with Gasteiger partial charge in [0.1, 0.15) is 11.9 Å². The second-order valence-electron chi connectivity index (χ2n) is 4.13. The van der Waals surface area contributed by atoms with Crippen LogP contribution in [0.2, 0.25) is 5.02 Å². The highest BCUT2D eigenvalue weighted by atomic mass is 35.5. The van der Waals surface area contributed by atoms with Crippen LogP contribution in [0, 0.1) is 11.7 Å². The topological polar surface area (TPSA) is 66.4 Å². The van der Waals surface area contributed by atoms with Crippen molar-refractivity contribution >= 4 is 23.5 Å². The molecule has 1 atom stereocenters. The average molecular weight is 274 g/mol. The Hall–Kier alpha value is -1.62. The first-order chi connectivity index (χ1) is 8.34. The zero-order valence-corrected chi connectivity index (χ0v) is 10.7. The lowest BCUT2D eigenvalue weighted by Crippen LogP contribution is -2.44. The molecule has 18 heavy (non-hydrogen) atoms. The molecule has 0 aliphatic carbocycles. The highest BCUT2D eigenvalue weighted by Gasteiger charge is 2.26. The maximum absolute atomic E-state index is 13.5. The Morgan fingerprint density at radius 1 is 1.39 bits per heavy atom. The fourth-order valence-electron chi connectivity index (χ4n) is 1.44. The molecule has 0 unspecified atom stereocenters. The van der Waals surface area contributed by atoms with Gasteiger partial charge in [-0.1, -0.05) is 31.5 Å². The predicted molar refractivity (Wildman–Crippen MR) is 65.1 cm³/mol. The van der Waals surface area contributed by atoms with Gasteiger partial charge in [-0.05, 0) is 18.1 Å². The van der Waals surface area contributed by atoms with Gasteiger partial charge in [-0.2, -0.15) is 0 Å². The van der Waals surface area contributed by atoms with E-state index in [1.165, 1.54) is 12.1 Å². The summed E-state index contributed by atoms with van der Waals surface area (Å²) in [4.78, 5) is 22.7. The monoisotopic (exact) mass is 273 g/mol. The molecule has 0 saturated carbocycles. The molecule has 1 amide bonds. The number of carboxylic acids is 1. The fraction of sp³-hybridized carbons (Fsp3) is 0.333. The van der Waals surface area contributed by atoms with Crippen LogP contribution in [0.5, 0.6) is 0 Å². The Balaban J connectivity index is 2.98. The molecule has 0 heterocycles. The summed E-state index contributed by atoms with van der Waals surface area (Å²) in [5, 5.41) is 11.1. The number of rotatable bonds is 4. The van der Waals surface area contributed by atoms with Crippen molar-refractivity contribution in [2.45, 2.75) is 19.9 Å². The van der Waals surface area contributed by atoms with Gasteiger partial charge in [0.05, 0.1) is 10.6 Å². The average Bonchev–Trinajstić information content (AvgIpc) is 2.24. The van der Waals surface area contributed by atoms with Crippen LogP contribution in [-0.4, -0.2) is 23.0 Å². The minimum atomic E-state index is -1.18. The largest absolute Gasteiger partial charge is 0.480 e. The molecule has 2 N–H and O–H groups in total. The third kappa shape index (κ3) is 3.20. The van der Waals surface area contributed by atoms with E-state index in [9.17, 15) is 14.0 Å². The van der Waals surface area contributed by atoms with Gasteiger partial charge in [0.2, 0.25) is 0 Å². The van der Waals surface area contributed by atoms with Gasteiger partial charge < -0.3 is 10.4 Å². The zero-order valence-electron chi connectivity index (χ0n) is 9.91. The Morgan fingerprint density at radius 3 is 2.44 bits per heavy atom. The van der Waals surface area contributed by atoms with E-state index < -0.39 is 23.7 Å². The summed E-state index contributed by atoms with van der Waals surface area (Å²) in [6.07, 6.45) is 0. The van der Waals surface area contributed by atoms with E-state index in [0.717, 1.165) is 6.07 Å². The normalized spacial score (nSPS) is 12.3. The van der Waals surface area contributed by atoms with Crippen LogP contribution in [0.3, 0.4) is 0 Å². The Kier molecular flexibility index (Phi) is 4.67. The molecule has 0 fully saturated rings. The molecule has 0 spiro atoms. The third-order valence-corrected chi connectivity index (χ3v) is 2.72. The third-order valence-electron chi connectivity index (χ3n) is 2.41. The van der Waals surface area contributed by atoms with Crippen LogP contribution in [0.15, 0.2) is 18.2 Å². The van der Waals surface area contributed by atoms with Gasteiger partial charge in [-0.25, -0.2) is 9.18 Å². The van der Waals surface area contributed by atoms with Crippen LogP contribution in [0.4, 0.5) is 4.39 Å². The second-order valence-corrected chi connectivity index (χ2v) is 4.54. The number of carbonyl (C=O) groups is 2. The molecular weight excluding hydrogens is 261 g/mol. The molecule has 0 aliphatic heterocycles. The van der Waals surface area contributed by atoms with E-state index in [2.05, 4.69) is 5.32 Å². The molecule has 0 radical (unpaired) electrons. The van der Waals surface area contributed by atoms with Gasteiger partial charge in [0.15, 0.2) is 0 Å². The molecule has 0 aromatic heterocycles. The van der Waals surface area contributed by atoms with Gasteiger partial charge in [-0.3, -0.25) is 4.79 Å². The summed E-state index contributed by atoms with van der Waals surface area (Å²) in [7, 11) is 0. The summed E-state index contributed by atoms with van der Waals surface area (Å²) in [5.41, 5.74) is -0.342. The number of benzene rings is 1. The van der Waals surface area contributed by atoms with Crippen molar-refractivity contribution in [2.24, 2.45) is 5.92 Å². The van der Waals surface area contributed by atoms with E-state index in [0.29, 0.717) is 0 Å². The van der Waals surface area contributed by atoms with Crippen LogP contribution in [0.25, 0.3) is 0 Å². The molecule has 0 saturated heterocycles. The number of carboxylic acid groups (broad SMARTS) is 1. The summed E-state index contributed by atoms with van der Waals surface area (Å²) in [5.74, 6) is -3.12. The first kappa shape index (κ1) is 14.4. The maximum atomic E-state index is 13.5. The highest BCUT2D eigenvalue weighted by molar-refractivity contribution is 6.33. The minimum Gasteiger partial charge on any atom is -0.480 e. The van der Waals surface area contributed by atoms with Gasteiger partial charge >= 0.3 is 5.97 Å². The summed E-state index contributed by atoms with van der Waals surface area (Å²) >= 11 is 5.72. The van der Waals surface area contributed by atoms with Crippen molar-refractivity contribution in [2.75, 3.05) is 0 Å². The lowest BCUT2D eigenvalue weighted by atomic mass is 10.0. The molecule has 1 rings (SSSR count). The van der Waals surface area contributed by atoms with Crippen molar-refractivity contribution in [1.82, 2.24) is 5.32 Å². The molecule has 98 valence electrons. The lowest BCUT2D eigenvalue weighted by molar-refractivity contribution is -0.140. The lowest BCUT2D eigenvalue weighted by Gasteiger charge is -2.18. The van der Waals surface area contributed by atoms with Crippen molar-refractivity contribution in [3.05, 3.63) is 34.6 Å². The van der Waals surface area contributed by atoms with E-state index >= 15 is 0 Å². The van der Waals surface area contributed by atoms with E-state index in [1.54, 1.807) is 13.8 Å². The Morgan fingerprint density at radius 2 is 2.00 bits per heavy atom. The number of nitrogens with one attached hydrogen (secondary N) is 1. The Bertz CT molecular complexity index is 456. The Labute approximate surface area is 109 Å². The number of carbonyl (C=O) groups excluding carboxylic acids is 1. The molecule has 6 heteroatoms. The SMILES string of the molecule is CC(C)[C@H](NC(=O)c1c(F)cccc1Cl)C(=O)O. The molecule has 0 bridgehead atoms. The van der Waals surface area contributed by atoms with Gasteiger partial charge in [-0.15, -0.1) is 0 Å². The smallest absolute Gasteiger partial charge is 0.326 e. The van der Waals surface area contributed by atoms with Crippen molar-refractivity contribution in [3.63, 3.8) is 0 Å². The van der Waals surface area contributed by atoms with Crippen LogP contribution < -0.4 is 5.32 Å². The predicted octanol–water partition coefficient (Wildman–Crippen LogP) is 2.32. The summed E-state index contributed by atoms with van der Waals surface area (Å²) < 4.78 is 13.5. The van der Waals surface area contributed by atoms with E-state index in [1.807, 2.05) is 0 Å². The maximum Gasteiger partial charge on any atom is 0.326 e. The number of halogens is 2. The fourth-order valence-corrected chi connectivity index (χ4v) is 1.69.